The van der Waals surface area contributed by atoms with Crippen molar-refractivity contribution in [3.63, 3.8) is 0 Å². The molecule has 0 saturated heterocycles. The van der Waals surface area contributed by atoms with Crippen molar-refractivity contribution >= 4 is 47.6 Å². The third-order valence-corrected chi connectivity index (χ3v) is 5.93. The summed E-state index contributed by atoms with van der Waals surface area (Å²) in [4.78, 5) is 18.1. The minimum atomic E-state index is -3.85. The van der Waals surface area contributed by atoms with Crippen LogP contribution in [0.3, 0.4) is 0 Å². The zero-order valence-corrected chi connectivity index (χ0v) is 18.0. The molecular weight excluding hydrogens is 516 g/mol. The average molecular weight is 528 g/mol. The van der Waals surface area contributed by atoms with Crippen molar-refractivity contribution in [3.8, 4) is 16.9 Å². The summed E-state index contributed by atoms with van der Waals surface area (Å²) in [6.45, 7) is 0. The summed E-state index contributed by atoms with van der Waals surface area (Å²) in [6.07, 6.45) is 0. The second-order valence-electron chi connectivity index (χ2n) is 5.59. The summed E-state index contributed by atoms with van der Waals surface area (Å²) in [6, 6.07) is 17.1. The van der Waals surface area contributed by atoms with E-state index < -0.39 is 14.9 Å². The van der Waals surface area contributed by atoms with Crippen molar-refractivity contribution in [3.05, 3.63) is 85.8 Å². The van der Waals surface area contributed by atoms with Crippen molar-refractivity contribution in [2.75, 3.05) is 0 Å². The van der Waals surface area contributed by atoms with Gasteiger partial charge in [-0.3, -0.25) is 10.1 Å². The molecule has 1 N–H and O–H groups in total. The van der Waals surface area contributed by atoms with Crippen LogP contribution in [0.25, 0.3) is 11.1 Å². The van der Waals surface area contributed by atoms with Crippen molar-refractivity contribution in [2.45, 2.75) is 4.90 Å². The highest BCUT2D eigenvalue weighted by atomic mass is 79.9. The number of nitrogens with zero attached hydrogens (tertiary/aromatic N) is 1. The van der Waals surface area contributed by atoms with Gasteiger partial charge in [-0.15, -0.1) is 0 Å². The highest BCUT2D eigenvalue weighted by Crippen LogP contribution is 2.33. The summed E-state index contributed by atoms with van der Waals surface area (Å²) >= 11 is 6.46. The Morgan fingerprint density at radius 3 is 2.11 bits per heavy atom. The Morgan fingerprint density at radius 2 is 1.50 bits per heavy atom. The molecule has 0 saturated carbocycles. The van der Waals surface area contributed by atoms with Gasteiger partial charge in [0.1, 0.15) is 5.75 Å². The summed E-state index contributed by atoms with van der Waals surface area (Å²) < 4.78 is 25.8. The molecular formula is C18H12Br2N2O5S. The van der Waals surface area contributed by atoms with Gasteiger partial charge in [0.25, 0.3) is 15.7 Å². The Hall–Kier alpha value is -2.27. The van der Waals surface area contributed by atoms with Gasteiger partial charge in [0.05, 0.1) is 15.4 Å². The maximum absolute atomic E-state index is 12.2. The van der Waals surface area contributed by atoms with Crippen molar-refractivity contribution in [1.29, 1.82) is 0 Å². The van der Waals surface area contributed by atoms with E-state index in [2.05, 4.69) is 31.9 Å². The lowest BCUT2D eigenvalue weighted by Crippen LogP contribution is -2.27. The Kier molecular flexibility index (Phi) is 6.14. The number of hydrogen-bond acceptors (Lipinski definition) is 5. The number of rotatable bonds is 6. The standard InChI is InChI=1S/C18H12Br2N2O5S/c19-13-3-8-16(9-4-13)28(25,26)21-27-15-6-1-12(2-7-15)17-10-5-14(20)11-18(17)22(23)24/h1-11,21H. The Morgan fingerprint density at radius 1 is 0.893 bits per heavy atom. The van der Waals surface area contributed by atoms with Gasteiger partial charge < -0.3 is 4.84 Å². The lowest BCUT2D eigenvalue weighted by atomic mass is 10.0. The molecule has 0 aliphatic carbocycles. The van der Waals surface area contributed by atoms with Gasteiger partial charge in [-0.2, -0.15) is 0 Å². The first-order valence-corrected chi connectivity index (χ1v) is 10.8. The van der Waals surface area contributed by atoms with Crippen molar-refractivity contribution < 1.29 is 18.2 Å². The molecule has 0 bridgehead atoms. The molecule has 0 amide bonds. The Labute approximate surface area is 177 Å². The maximum atomic E-state index is 12.2. The third-order valence-electron chi connectivity index (χ3n) is 3.71. The molecule has 0 aliphatic rings. The first-order valence-electron chi connectivity index (χ1n) is 7.75. The van der Waals surface area contributed by atoms with E-state index in [1.807, 2.05) is 4.89 Å². The third kappa shape index (κ3) is 4.76. The van der Waals surface area contributed by atoms with Gasteiger partial charge in [0.2, 0.25) is 0 Å². The van der Waals surface area contributed by atoms with E-state index in [9.17, 15) is 18.5 Å². The second-order valence-corrected chi connectivity index (χ2v) is 9.06. The molecule has 0 unspecified atom stereocenters. The molecule has 0 aliphatic heterocycles. The molecule has 144 valence electrons. The number of benzene rings is 3. The topological polar surface area (TPSA) is 98.5 Å². The van der Waals surface area contributed by atoms with Crippen molar-refractivity contribution in [2.24, 2.45) is 0 Å². The quantitative estimate of drug-likeness (QED) is 0.357. The largest absolute Gasteiger partial charge is 0.394 e. The van der Waals surface area contributed by atoms with E-state index in [0.29, 0.717) is 15.6 Å². The van der Waals surface area contributed by atoms with Crippen LogP contribution < -0.4 is 9.72 Å². The second kappa shape index (κ2) is 8.39. The van der Waals surface area contributed by atoms with Crippen molar-refractivity contribution in [1.82, 2.24) is 4.89 Å². The number of nitro benzene ring substituents is 1. The van der Waals surface area contributed by atoms with E-state index >= 15 is 0 Å². The lowest BCUT2D eigenvalue weighted by molar-refractivity contribution is -0.384. The van der Waals surface area contributed by atoms with Gasteiger partial charge in [-0.05, 0) is 59.0 Å². The first-order chi connectivity index (χ1) is 13.3. The molecule has 3 aromatic carbocycles. The summed E-state index contributed by atoms with van der Waals surface area (Å²) in [7, 11) is -3.85. The molecule has 0 heterocycles. The number of sulfonamides is 1. The lowest BCUT2D eigenvalue weighted by Gasteiger charge is -2.09. The fourth-order valence-corrected chi connectivity index (χ4v) is 3.78. The molecule has 10 heteroatoms. The van der Waals surface area contributed by atoms with Crippen LogP contribution in [0.4, 0.5) is 5.69 Å². The summed E-state index contributed by atoms with van der Waals surface area (Å²) in [5.41, 5.74) is 0.997. The normalized spacial score (nSPS) is 11.2. The molecule has 0 fully saturated rings. The van der Waals surface area contributed by atoms with E-state index in [1.54, 1.807) is 36.4 Å². The van der Waals surface area contributed by atoms with Crippen LogP contribution in [-0.4, -0.2) is 13.3 Å². The highest BCUT2D eigenvalue weighted by Gasteiger charge is 2.17. The molecule has 0 aromatic heterocycles. The monoisotopic (exact) mass is 526 g/mol. The van der Waals surface area contributed by atoms with Crippen LogP contribution in [-0.2, 0) is 10.0 Å². The van der Waals surface area contributed by atoms with E-state index in [0.717, 1.165) is 4.47 Å². The smallest absolute Gasteiger partial charge is 0.278 e. The Balaban J connectivity index is 1.77. The van der Waals surface area contributed by atoms with E-state index in [1.165, 1.54) is 30.3 Å². The molecule has 7 nitrogen and oxygen atoms in total. The molecule has 0 atom stereocenters. The SMILES string of the molecule is O=[N+]([O-])c1cc(Br)ccc1-c1ccc(ONS(=O)(=O)c2ccc(Br)cc2)cc1. The number of halogens is 2. The van der Waals surface area contributed by atoms with Crippen LogP contribution in [0.1, 0.15) is 0 Å². The highest BCUT2D eigenvalue weighted by molar-refractivity contribution is 9.10. The van der Waals surface area contributed by atoms with Crippen LogP contribution in [0.15, 0.2) is 80.6 Å². The summed E-state index contributed by atoms with van der Waals surface area (Å²) in [5, 5.41) is 11.3. The van der Waals surface area contributed by atoms with Gasteiger partial charge in [-0.25, -0.2) is 8.42 Å². The van der Waals surface area contributed by atoms with Crippen LogP contribution in [0.2, 0.25) is 0 Å². The fourth-order valence-electron chi connectivity index (χ4n) is 2.37. The minimum absolute atomic E-state index is 0.0426. The first kappa shape index (κ1) is 20.5. The predicted octanol–water partition coefficient (Wildman–Crippen LogP) is 5.06. The molecule has 0 spiro atoms. The average Bonchev–Trinajstić information content (AvgIpc) is 2.67. The van der Waals surface area contributed by atoms with Crippen LogP contribution >= 0.6 is 31.9 Å². The maximum Gasteiger partial charge on any atom is 0.278 e. The van der Waals surface area contributed by atoms with E-state index in [4.69, 9.17) is 4.84 Å². The summed E-state index contributed by atoms with van der Waals surface area (Å²) in [5.74, 6) is 0.240. The molecule has 28 heavy (non-hydrogen) atoms. The molecule has 3 rings (SSSR count). The van der Waals surface area contributed by atoms with Gasteiger partial charge >= 0.3 is 0 Å². The van der Waals surface area contributed by atoms with Crippen LogP contribution in [0.5, 0.6) is 5.75 Å². The van der Waals surface area contributed by atoms with Gasteiger partial charge in [0, 0.05) is 15.0 Å². The van der Waals surface area contributed by atoms with E-state index in [-0.39, 0.29) is 16.3 Å². The van der Waals surface area contributed by atoms with Gasteiger partial charge in [0.15, 0.2) is 0 Å². The Bertz CT molecular complexity index is 1120. The minimum Gasteiger partial charge on any atom is -0.394 e. The number of hydrogen-bond donors (Lipinski definition) is 1. The zero-order valence-electron chi connectivity index (χ0n) is 14.0. The van der Waals surface area contributed by atoms with Crippen LogP contribution in [0, 0.1) is 10.1 Å². The predicted molar refractivity (Wildman–Crippen MR) is 111 cm³/mol. The van der Waals surface area contributed by atoms with Gasteiger partial charge in [-0.1, -0.05) is 44.0 Å². The zero-order chi connectivity index (χ0) is 20.3. The number of nitro groups is 1. The fraction of sp³-hybridized carbons (Fsp3) is 0. The number of nitrogens with one attached hydrogen (secondary N) is 1. The molecule has 0 radical (unpaired) electrons. The molecule has 3 aromatic rings.